The Labute approximate surface area is 107 Å². The van der Waals surface area contributed by atoms with Gasteiger partial charge >= 0.3 is 0 Å². The van der Waals surface area contributed by atoms with Crippen LogP contribution in [-0.2, 0) is 4.79 Å². The predicted octanol–water partition coefficient (Wildman–Crippen LogP) is 1.21. The van der Waals surface area contributed by atoms with E-state index in [-0.39, 0.29) is 25.4 Å². The van der Waals surface area contributed by atoms with Crippen LogP contribution in [0.2, 0.25) is 0 Å². The maximum Gasteiger partial charge on any atom is 0.227 e. The summed E-state index contributed by atoms with van der Waals surface area (Å²) in [5.41, 5.74) is 0.701. The average Bonchev–Trinajstić information content (AvgIpc) is 2.39. The number of aliphatic hydroxyl groups is 1. The van der Waals surface area contributed by atoms with Gasteiger partial charge in [-0.3, -0.25) is 4.79 Å². The number of aliphatic hydroxyl groups excluding tert-OH is 1. The number of hydrogen-bond acceptors (Lipinski definition) is 2. The van der Waals surface area contributed by atoms with Crippen molar-refractivity contribution >= 4 is 5.91 Å². The third-order valence-corrected chi connectivity index (χ3v) is 2.47. The molecule has 0 radical (unpaired) electrons. The minimum atomic E-state index is -0.836. The number of terminal acetylenes is 2. The van der Waals surface area contributed by atoms with E-state index in [1.165, 1.54) is 4.90 Å². The lowest BCUT2D eigenvalue weighted by molar-refractivity contribution is -0.132. The van der Waals surface area contributed by atoms with Crippen LogP contribution >= 0.6 is 0 Å². The molecule has 0 aliphatic rings. The molecule has 0 aromatic heterocycles. The molecule has 1 amide bonds. The lowest BCUT2D eigenvalue weighted by Gasteiger charge is -2.19. The van der Waals surface area contributed by atoms with Gasteiger partial charge in [-0.05, 0) is 5.56 Å². The Morgan fingerprint density at radius 2 is 1.78 bits per heavy atom. The molecule has 0 aliphatic heterocycles. The molecule has 1 rings (SSSR count). The first kappa shape index (κ1) is 13.8. The van der Waals surface area contributed by atoms with Crippen molar-refractivity contribution in [2.45, 2.75) is 12.5 Å². The van der Waals surface area contributed by atoms with Crippen LogP contribution in [0.25, 0.3) is 0 Å². The molecular formula is C15H15NO2. The maximum absolute atomic E-state index is 11.9. The fourth-order valence-corrected chi connectivity index (χ4v) is 1.54. The highest BCUT2D eigenvalue weighted by Gasteiger charge is 2.17. The highest BCUT2D eigenvalue weighted by Crippen LogP contribution is 2.16. The fourth-order valence-electron chi connectivity index (χ4n) is 1.54. The van der Waals surface area contributed by atoms with Gasteiger partial charge in [-0.1, -0.05) is 42.2 Å². The van der Waals surface area contributed by atoms with Crippen molar-refractivity contribution in [2.75, 3.05) is 13.1 Å². The molecule has 1 unspecified atom stereocenters. The van der Waals surface area contributed by atoms with Gasteiger partial charge in [0.1, 0.15) is 0 Å². The molecule has 92 valence electrons. The molecule has 1 aromatic rings. The van der Waals surface area contributed by atoms with Crippen molar-refractivity contribution in [1.82, 2.24) is 4.90 Å². The Hall–Kier alpha value is -2.23. The second-order valence-corrected chi connectivity index (χ2v) is 3.79. The molecule has 0 bridgehead atoms. The zero-order valence-corrected chi connectivity index (χ0v) is 10.0. The third-order valence-electron chi connectivity index (χ3n) is 2.47. The number of carbonyl (C=O) groups is 1. The number of carbonyl (C=O) groups excluding carboxylic acids is 1. The van der Waals surface area contributed by atoms with Gasteiger partial charge < -0.3 is 10.0 Å². The summed E-state index contributed by atoms with van der Waals surface area (Å²) in [6.45, 7) is 0.315. The number of benzene rings is 1. The summed E-state index contributed by atoms with van der Waals surface area (Å²) in [7, 11) is 0. The normalized spacial score (nSPS) is 11.1. The molecule has 3 nitrogen and oxygen atoms in total. The summed E-state index contributed by atoms with van der Waals surface area (Å²) < 4.78 is 0. The van der Waals surface area contributed by atoms with Crippen LogP contribution in [0.3, 0.4) is 0 Å². The highest BCUT2D eigenvalue weighted by molar-refractivity contribution is 5.77. The quantitative estimate of drug-likeness (QED) is 0.787. The molecule has 0 saturated heterocycles. The van der Waals surface area contributed by atoms with E-state index >= 15 is 0 Å². The van der Waals surface area contributed by atoms with Crippen molar-refractivity contribution in [1.29, 1.82) is 0 Å². The van der Waals surface area contributed by atoms with E-state index in [1.807, 2.05) is 18.2 Å². The van der Waals surface area contributed by atoms with E-state index in [0.29, 0.717) is 5.56 Å². The monoisotopic (exact) mass is 241 g/mol. The molecule has 3 heteroatoms. The highest BCUT2D eigenvalue weighted by atomic mass is 16.3. The van der Waals surface area contributed by atoms with Gasteiger partial charge in [-0.15, -0.1) is 12.8 Å². The van der Waals surface area contributed by atoms with Crippen LogP contribution in [0.5, 0.6) is 0 Å². The minimum absolute atomic E-state index is 0.0205. The van der Waals surface area contributed by atoms with Crippen molar-refractivity contribution in [3.63, 3.8) is 0 Å². The number of amides is 1. The molecule has 1 N–H and O–H groups in total. The summed E-state index contributed by atoms with van der Waals surface area (Å²) in [6, 6.07) is 9.00. The molecular weight excluding hydrogens is 226 g/mol. The van der Waals surface area contributed by atoms with Gasteiger partial charge in [0, 0.05) is 0 Å². The molecule has 1 aromatic carbocycles. The second kappa shape index (κ2) is 7.17. The molecule has 0 spiro atoms. The summed E-state index contributed by atoms with van der Waals surface area (Å²) >= 11 is 0. The molecule has 18 heavy (non-hydrogen) atoms. The van der Waals surface area contributed by atoms with E-state index < -0.39 is 6.10 Å². The van der Waals surface area contributed by atoms with Crippen LogP contribution in [-0.4, -0.2) is 29.0 Å². The SMILES string of the molecule is C#CCN(CC#C)C(=O)CC(O)c1ccccc1. The smallest absolute Gasteiger partial charge is 0.227 e. The van der Waals surface area contributed by atoms with Crippen molar-refractivity contribution in [3.8, 4) is 24.7 Å². The lowest BCUT2D eigenvalue weighted by atomic mass is 10.1. The van der Waals surface area contributed by atoms with Gasteiger partial charge in [0.25, 0.3) is 0 Å². The summed E-state index contributed by atoms with van der Waals surface area (Å²) in [6.07, 6.45) is 9.47. The molecule has 0 aliphatic carbocycles. The van der Waals surface area contributed by atoms with E-state index in [9.17, 15) is 9.90 Å². The Balaban J connectivity index is 2.64. The first-order chi connectivity index (χ1) is 8.69. The van der Waals surface area contributed by atoms with E-state index in [1.54, 1.807) is 12.1 Å². The van der Waals surface area contributed by atoms with Crippen molar-refractivity contribution in [2.24, 2.45) is 0 Å². The van der Waals surface area contributed by atoms with Crippen LogP contribution < -0.4 is 0 Å². The van der Waals surface area contributed by atoms with Crippen LogP contribution in [0.4, 0.5) is 0 Å². The van der Waals surface area contributed by atoms with Gasteiger partial charge in [-0.2, -0.15) is 0 Å². The molecule has 0 heterocycles. The number of rotatable bonds is 5. The molecule has 1 atom stereocenters. The average molecular weight is 241 g/mol. The summed E-state index contributed by atoms with van der Waals surface area (Å²) in [5, 5.41) is 9.93. The minimum Gasteiger partial charge on any atom is -0.388 e. The predicted molar refractivity (Wildman–Crippen MR) is 70.3 cm³/mol. The first-order valence-corrected chi connectivity index (χ1v) is 5.56. The zero-order chi connectivity index (χ0) is 13.4. The lowest BCUT2D eigenvalue weighted by Crippen LogP contribution is -2.32. The van der Waals surface area contributed by atoms with Crippen molar-refractivity contribution in [3.05, 3.63) is 35.9 Å². The van der Waals surface area contributed by atoms with Crippen LogP contribution in [0, 0.1) is 24.7 Å². The Morgan fingerprint density at radius 3 is 2.28 bits per heavy atom. The van der Waals surface area contributed by atoms with Crippen LogP contribution in [0.1, 0.15) is 18.1 Å². The van der Waals surface area contributed by atoms with Gasteiger partial charge in [0.05, 0.1) is 25.6 Å². The van der Waals surface area contributed by atoms with E-state index in [4.69, 9.17) is 12.8 Å². The zero-order valence-electron chi connectivity index (χ0n) is 10.0. The fraction of sp³-hybridized carbons (Fsp3) is 0.267. The largest absolute Gasteiger partial charge is 0.388 e. The standard InChI is InChI=1S/C15H15NO2/c1-3-10-16(11-4-2)15(18)12-14(17)13-8-6-5-7-9-13/h1-2,5-9,14,17H,10-12H2. The Morgan fingerprint density at radius 1 is 1.22 bits per heavy atom. The third kappa shape index (κ3) is 3.97. The van der Waals surface area contributed by atoms with Crippen LogP contribution in [0.15, 0.2) is 30.3 Å². The molecule has 0 saturated carbocycles. The number of nitrogens with zero attached hydrogens (tertiary/aromatic N) is 1. The Kier molecular flexibility index (Phi) is 5.51. The van der Waals surface area contributed by atoms with Gasteiger partial charge in [0.2, 0.25) is 5.91 Å². The maximum atomic E-state index is 11.9. The number of hydrogen-bond donors (Lipinski definition) is 1. The topological polar surface area (TPSA) is 40.5 Å². The Bertz CT molecular complexity index is 452. The van der Waals surface area contributed by atoms with Gasteiger partial charge in [0.15, 0.2) is 0 Å². The van der Waals surface area contributed by atoms with E-state index in [0.717, 1.165) is 0 Å². The summed E-state index contributed by atoms with van der Waals surface area (Å²) in [5.74, 6) is 4.50. The summed E-state index contributed by atoms with van der Waals surface area (Å²) in [4.78, 5) is 13.2. The molecule has 0 fully saturated rings. The second-order valence-electron chi connectivity index (χ2n) is 3.79. The van der Waals surface area contributed by atoms with E-state index in [2.05, 4.69) is 11.8 Å². The van der Waals surface area contributed by atoms with Gasteiger partial charge in [-0.25, -0.2) is 0 Å². The first-order valence-electron chi connectivity index (χ1n) is 5.56. The van der Waals surface area contributed by atoms with Crippen molar-refractivity contribution < 1.29 is 9.90 Å².